The van der Waals surface area contributed by atoms with Crippen molar-refractivity contribution in [2.24, 2.45) is 0 Å². The maximum atomic E-state index is 13.6. The molecule has 3 aromatic heterocycles. The Hall–Kier alpha value is -6.40. The number of Topliss-reactive ketones (excluding diaryl/α,β-unsaturated/α-hetero) is 1. The highest BCUT2D eigenvalue weighted by atomic mass is 16.5. The molecule has 2 saturated heterocycles. The number of ketones is 1. The van der Waals surface area contributed by atoms with Crippen LogP contribution in [0.4, 0.5) is 11.4 Å². The Bertz CT molecular complexity index is 2490. The van der Waals surface area contributed by atoms with E-state index in [4.69, 9.17) is 19.4 Å². The van der Waals surface area contributed by atoms with Gasteiger partial charge in [-0.25, -0.2) is 9.97 Å². The van der Waals surface area contributed by atoms with Crippen molar-refractivity contribution in [2.45, 2.75) is 70.9 Å². The van der Waals surface area contributed by atoms with Crippen molar-refractivity contribution in [3.05, 3.63) is 86.9 Å². The van der Waals surface area contributed by atoms with Gasteiger partial charge in [0.15, 0.2) is 5.78 Å². The topological polar surface area (TPSA) is 215 Å². The van der Waals surface area contributed by atoms with Gasteiger partial charge in [-0.3, -0.25) is 53.3 Å². The lowest BCUT2D eigenvalue weighted by Crippen LogP contribution is -2.54. The quantitative estimate of drug-likeness (QED) is 0.100. The molecule has 1 atom stereocenters. The summed E-state index contributed by atoms with van der Waals surface area (Å²) >= 11 is 0. The van der Waals surface area contributed by atoms with Gasteiger partial charge in [-0.05, 0) is 62.9 Å². The predicted molar refractivity (Wildman–Crippen MR) is 225 cm³/mol. The Morgan fingerprint density at radius 2 is 1.66 bits per heavy atom. The number of hydrogen-bond acceptors (Lipinski definition) is 14. The van der Waals surface area contributed by atoms with Gasteiger partial charge in [0.1, 0.15) is 24.1 Å². The zero-order valence-corrected chi connectivity index (χ0v) is 34.8. The number of piperazine rings is 1. The van der Waals surface area contributed by atoms with Crippen molar-refractivity contribution in [3.63, 3.8) is 0 Å². The van der Waals surface area contributed by atoms with E-state index in [0.717, 1.165) is 42.0 Å². The van der Waals surface area contributed by atoms with Gasteiger partial charge in [-0.1, -0.05) is 18.9 Å². The summed E-state index contributed by atoms with van der Waals surface area (Å²) in [6.07, 6.45) is 7.85. The molecule has 4 aromatic rings. The van der Waals surface area contributed by atoms with Crippen LogP contribution in [0.15, 0.2) is 47.5 Å². The fourth-order valence-corrected chi connectivity index (χ4v) is 8.84. The van der Waals surface area contributed by atoms with Gasteiger partial charge in [0.05, 0.1) is 54.8 Å². The van der Waals surface area contributed by atoms with Gasteiger partial charge in [0.2, 0.25) is 17.7 Å². The number of rotatable bonds is 15. The molecule has 3 fully saturated rings. The van der Waals surface area contributed by atoms with E-state index in [9.17, 15) is 33.6 Å². The van der Waals surface area contributed by atoms with E-state index in [2.05, 4.69) is 20.5 Å². The maximum Gasteiger partial charge on any atom is 0.264 e. The standard InChI is InChI=1S/C44H49N9O9/c1-26-32-24-47-35(48-40(32)52(29-6-3-4-7-29)43(59)38(26)27(2)54)22-28-10-11-30(23-46-28)50-15-17-51(18-16-50)37(56)25-62-21-20-61-19-14-45-33-9-5-8-31-39(33)44(60)53(42(31)58)34-12-13-36(55)49-41(34)57/h5,8-11,23-24,29,34,45H,3-4,6-7,12-22,25H2,1-2H3,(H,49,55,57). The van der Waals surface area contributed by atoms with Gasteiger partial charge in [0.25, 0.3) is 17.4 Å². The zero-order valence-electron chi connectivity index (χ0n) is 34.8. The summed E-state index contributed by atoms with van der Waals surface area (Å²) in [6.45, 7) is 6.53. The third kappa shape index (κ3) is 8.56. The molecule has 0 radical (unpaired) electrons. The van der Waals surface area contributed by atoms with Crippen molar-refractivity contribution < 1.29 is 38.2 Å². The predicted octanol–water partition coefficient (Wildman–Crippen LogP) is 2.60. The minimum atomic E-state index is -1.04. The molecule has 18 nitrogen and oxygen atoms in total. The number of fused-ring (bicyclic) bond motifs is 2. The smallest absolute Gasteiger partial charge is 0.264 e. The number of carbonyl (C=O) groups excluding carboxylic acids is 6. The van der Waals surface area contributed by atoms with Gasteiger partial charge in [-0.15, -0.1) is 0 Å². The number of piperidine rings is 1. The van der Waals surface area contributed by atoms with E-state index in [1.807, 2.05) is 18.3 Å². The molecule has 4 aliphatic rings. The van der Waals surface area contributed by atoms with Crippen LogP contribution in [0, 0.1) is 6.92 Å². The van der Waals surface area contributed by atoms with Gasteiger partial charge >= 0.3 is 0 Å². The van der Waals surface area contributed by atoms with Crippen LogP contribution in [-0.4, -0.2) is 130 Å². The van der Waals surface area contributed by atoms with Crippen LogP contribution < -0.4 is 21.1 Å². The Morgan fingerprint density at radius 1 is 0.887 bits per heavy atom. The van der Waals surface area contributed by atoms with Crippen LogP contribution in [-0.2, 0) is 30.3 Å². The Labute approximate surface area is 357 Å². The molecule has 62 heavy (non-hydrogen) atoms. The number of aryl methyl sites for hydroxylation is 1. The molecule has 324 valence electrons. The molecule has 8 rings (SSSR count). The van der Waals surface area contributed by atoms with Gasteiger partial charge in [-0.2, -0.15) is 0 Å². The number of ether oxygens (including phenoxy) is 2. The van der Waals surface area contributed by atoms with Crippen molar-refractivity contribution in [3.8, 4) is 0 Å². The first-order valence-corrected chi connectivity index (χ1v) is 21.1. The summed E-state index contributed by atoms with van der Waals surface area (Å²) in [5.74, 6) is -2.06. The number of amides is 5. The van der Waals surface area contributed by atoms with Crippen LogP contribution in [0.5, 0.6) is 0 Å². The lowest BCUT2D eigenvalue weighted by Gasteiger charge is -2.36. The number of aromatic nitrogens is 4. The minimum Gasteiger partial charge on any atom is -0.382 e. The number of nitrogens with zero attached hydrogens (tertiary/aromatic N) is 7. The molecule has 0 spiro atoms. The molecule has 1 unspecified atom stereocenters. The summed E-state index contributed by atoms with van der Waals surface area (Å²) in [5, 5.41) is 6.04. The zero-order chi connectivity index (χ0) is 43.5. The third-order valence-corrected chi connectivity index (χ3v) is 12.1. The number of nitrogens with one attached hydrogen (secondary N) is 2. The average molecular weight is 848 g/mol. The highest BCUT2D eigenvalue weighted by Gasteiger charge is 2.45. The maximum absolute atomic E-state index is 13.6. The lowest BCUT2D eigenvalue weighted by atomic mass is 10.0. The first kappa shape index (κ1) is 42.3. The molecule has 18 heteroatoms. The third-order valence-electron chi connectivity index (χ3n) is 12.1. The molecule has 1 saturated carbocycles. The minimum absolute atomic E-state index is 0.00715. The van der Waals surface area contributed by atoms with E-state index in [-0.39, 0.29) is 79.3 Å². The highest BCUT2D eigenvalue weighted by molar-refractivity contribution is 6.25. The highest BCUT2D eigenvalue weighted by Crippen LogP contribution is 2.33. The van der Waals surface area contributed by atoms with Crippen molar-refractivity contribution in [1.29, 1.82) is 0 Å². The number of imide groups is 2. The Kier molecular flexibility index (Phi) is 12.5. The summed E-state index contributed by atoms with van der Waals surface area (Å²) in [7, 11) is 0. The van der Waals surface area contributed by atoms with Gasteiger partial charge in [0, 0.05) is 68.2 Å². The van der Waals surface area contributed by atoms with Crippen molar-refractivity contribution >= 4 is 57.7 Å². The van der Waals surface area contributed by atoms with E-state index in [1.54, 1.807) is 34.7 Å². The second-order valence-corrected chi connectivity index (χ2v) is 16.0. The summed E-state index contributed by atoms with van der Waals surface area (Å²) in [6, 6.07) is 7.77. The van der Waals surface area contributed by atoms with Crippen LogP contribution >= 0.6 is 0 Å². The van der Waals surface area contributed by atoms with Crippen LogP contribution in [0.2, 0.25) is 0 Å². The molecule has 3 aliphatic heterocycles. The molecule has 0 bridgehead atoms. The average Bonchev–Trinajstić information content (AvgIpc) is 3.88. The Balaban J connectivity index is 0.754. The molecule has 1 aromatic carbocycles. The molecule has 5 amide bonds. The normalized spacial score (nSPS) is 18.2. The largest absolute Gasteiger partial charge is 0.382 e. The molecular formula is C44H49N9O9. The molecular weight excluding hydrogens is 799 g/mol. The van der Waals surface area contributed by atoms with Gasteiger partial charge < -0.3 is 24.6 Å². The number of hydrogen-bond donors (Lipinski definition) is 2. The van der Waals surface area contributed by atoms with Crippen molar-refractivity contribution in [1.82, 2.24) is 34.6 Å². The monoisotopic (exact) mass is 847 g/mol. The van der Waals surface area contributed by atoms with E-state index >= 15 is 0 Å². The molecule has 2 N–H and O–H groups in total. The van der Waals surface area contributed by atoms with Crippen molar-refractivity contribution in [2.75, 3.05) is 69.4 Å². The number of pyridine rings is 2. The second kappa shape index (κ2) is 18.3. The fourth-order valence-electron chi connectivity index (χ4n) is 8.84. The van der Waals surface area contributed by atoms with Crippen LogP contribution in [0.25, 0.3) is 11.0 Å². The van der Waals surface area contributed by atoms with E-state index < -0.39 is 29.7 Å². The van der Waals surface area contributed by atoms with Crippen LogP contribution in [0.1, 0.15) is 99.6 Å². The number of benzene rings is 1. The van der Waals surface area contributed by atoms with Crippen LogP contribution in [0.3, 0.4) is 0 Å². The molecule has 1 aliphatic carbocycles. The van der Waals surface area contributed by atoms with E-state index in [0.29, 0.717) is 67.3 Å². The lowest BCUT2D eigenvalue weighted by molar-refractivity contribution is -0.137. The first-order valence-electron chi connectivity index (χ1n) is 21.1. The number of anilines is 2. The summed E-state index contributed by atoms with van der Waals surface area (Å²) in [5.41, 5.74) is 3.65. The summed E-state index contributed by atoms with van der Waals surface area (Å²) in [4.78, 5) is 108. The van der Waals surface area contributed by atoms with E-state index in [1.165, 1.54) is 13.0 Å². The first-order chi connectivity index (χ1) is 30.0. The summed E-state index contributed by atoms with van der Waals surface area (Å²) < 4.78 is 13.0. The molecule has 6 heterocycles. The fraction of sp³-hybridized carbons (Fsp3) is 0.455. The Morgan fingerprint density at radius 3 is 2.39 bits per heavy atom. The SMILES string of the molecule is CC(=O)c1c(C)c2cnc(Cc3ccc(N4CCN(C(=O)COCCOCCNc5cccc6c5C(=O)N(C5CCC(=O)NC5=O)C6=O)CC4)cn3)nc2n(C2CCCC2)c1=O. The second-order valence-electron chi connectivity index (χ2n) is 16.0. The number of carbonyl (C=O) groups is 6.